The lowest BCUT2D eigenvalue weighted by molar-refractivity contribution is -0.150. The second kappa shape index (κ2) is 11.0. The van der Waals surface area contributed by atoms with E-state index in [-0.39, 0.29) is 12.8 Å². The van der Waals surface area contributed by atoms with E-state index in [0.717, 1.165) is 14.2 Å². The Bertz CT molecular complexity index is 569. The molecule has 0 aromatic rings. The van der Waals surface area contributed by atoms with Crippen molar-refractivity contribution in [2.45, 2.75) is 57.7 Å². The first kappa shape index (κ1) is 24.1. The summed E-state index contributed by atoms with van der Waals surface area (Å²) in [5.41, 5.74) is -0.813. The molecule has 0 radical (unpaired) electrons. The van der Waals surface area contributed by atoms with Crippen molar-refractivity contribution >= 4 is 29.9 Å². The lowest BCUT2D eigenvalue weighted by Gasteiger charge is -2.22. The van der Waals surface area contributed by atoms with Gasteiger partial charge in [-0.25, -0.2) is 14.4 Å². The molecule has 0 aliphatic rings. The quantitative estimate of drug-likeness (QED) is 0.363. The number of amides is 2. The fraction of sp³-hybridized carbons (Fsp3) is 0.688. The lowest BCUT2D eigenvalue weighted by atomic mass is 10.1. The second-order valence-corrected chi connectivity index (χ2v) is 6.50. The molecule has 0 bridgehead atoms. The maximum atomic E-state index is 12.0. The molecule has 0 aromatic carbocycles. The molecule has 2 atom stereocenters. The second-order valence-electron chi connectivity index (χ2n) is 6.50. The molecule has 0 rings (SSSR count). The van der Waals surface area contributed by atoms with E-state index in [1.54, 1.807) is 20.8 Å². The van der Waals surface area contributed by atoms with Gasteiger partial charge in [-0.1, -0.05) is 0 Å². The Balaban J connectivity index is 4.75. The summed E-state index contributed by atoms with van der Waals surface area (Å²) in [7, 11) is 2.21. The molecule has 3 N–H and O–H groups in total. The number of rotatable bonds is 9. The van der Waals surface area contributed by atoms with Crippen LogP contribution in [0, 0.1) is 0 Å². The molecule has 2 unspecified atom stereocenters. The number of methoxy groups -OCH3 is 2. The van der Waals surface area contributed by atoms with Crippen molar-refractivity contribution in [3.05, 3.63) is 0 Å². The number of ether oxygens (including phenoxy) is 3. The minimum absolute atomic E-state index is 0.257. The monoisotopic (exact) mass is 390 g/mol. The molecule has 0 saturated carbocycles. The number of hydrogen-bond donors (Lipinski definition) is 3. The first-order chi connectivity index (χ1) is 12.4. The van der Waals surface area contributed by atoms with Gasteiger partial charge in [0, 0.05) is 6.42 Å². The summed E-state index contributed by atoms with van der Waals surface area (Å²) in [5.74, 6) is -3.64. The molecule has 27 heavy (non-hydrogen) atoms. The van der Waals surface area contributed by atoms with E-state index < -0.39 is 54.0 Å². The molecular formula is C16H26N2O9. The van der Waals surface area contributed by atoms with Crippen LogP contribution in [0.15, 0.2) is 0 Å². The minimum Gasteiger partial charge on any atom is -0.480 e. The molecule has 0 aliphatic carbocycles. The van der Waals surface area contributed by atoms with Crippen LogP contribution in [0.1, 0.15) is 40.0 Å². The highest BCUT2D eigenvalue weighted by Gasteiger charge is 2.27. The van der Waals surface area contributed by atoms with Gasteiger partial charge in [0.15, 0.2) is 0 Å². The Labute approximate surface area is 156 Å². The molecule has 11 nitrogen and oxygen atoms in total. The highest BCUT2D eigenvalue weighted by molar-refractivity contribution is 5.88. The normalized spacial score (nSPS) is 12.9. The molecule has 0 aliphatic heterocycles. The third-order valence-electron chi connectivity index (χ3n) is 3.07. The van der Waals surface area contributed by atoms with E-state index in [0.29, 0.717) is 0 Å². The standard InChI is InChI=1S/C16H26N2O9/c1-16(2,3)27-15(24)18-9(13(21)22)6-7-11(19)17-10(14(23)26-5)8-12(20)25-4/h9-10H,6-8H2,1-5H3,(H,17,19)(H,18,24)(H,21,22). The average Bonchev–Trinajstić information content (AvgIpc) is 2.55. The average molecular weight is 390 g/mol. The zero-order valence-corrected chi connectivity index (χ0v) is 16.0. The van der Waals surface area contributed by atoms with Crippen molar-refractivity contribution < 1.29 is 43.3 Å². The maximum absolute atomic E-state index is 12.0. The summed E-state index contributed by atoms with van der Waals surface area (Å²) in [5, 5.41) is 13.6. The smallest absolute Gasteiger partial charge is 0.408 e. The van der Waals surface area contributed by atoms with Crippen molar-refractivity contribution in [2.24, 2.45) is 0 Å². The fourth-order valence-electron chi connectivity index (χ4n) is 1.83. The van der Waals surface area contributed by atoms with Crippen molar-refractivity contribution in [2.75, 3.05) is 14.2 Å². The summed E-state index contributed by atoms with van der Waals surface area (Å²) in [6.07, 6.45) is -1.96. The summed E-state index contributed by atoms with van der Waals surface area (Å²) < 4.78 is 13.9. The van der Waals surface area contributed by atoms with E-state index in [2.05, 4.69) is 20.1 Å². The fourth-order valence-corrected chi connectivity index (χ4v) is 1.83. The Morgan fingerprint density at radius 2 is 1.56 bits per heavy atom. The van der Waals surface area contributed by atoms with Crippen molar-refractivity contribution in [1.29, 1.82) is 0 Å². The summed E-state index contributed by atoms with van der Waals surface area (Å²) in [6, 6.07) is -2.64. The third kappa shape index (κ3) is 10.7. The predicted molar refractivity (Wildman–Crippen MR) is 90.6 cm³/mol. The van der Waals surface area contributed by atoms with E-state index in [1.807, 2.05) is 0 Å². The maximum Gasteiger partial charge on any atom is 0.408 e. The number of carboxylic acid groups (broad SMARTS) is 1. The van der Waals surface area contributed by atoms with Crippen LogP contribution in [0.3, 0.4) is 0 Å². The number of esters is 2. The largest absolute Gasteiger partial charge is 0.480 e. The van der Waals surface area contributed by atoms with Crippen LogP contribution in [0.25, 0.3) is 0 Å². The van der Waals surface area contributed by atoms with Gasteiger partial charge >= 0.3 is 24.0 Å². The first-order valence-corrected chi connectivity index (χ1v) is 8.06. The van der Waals surface area contributed by atoms with Crippen molar-refractivity contribution in [1.82, 2.24) is 10.6 Å². The van der Waals surface area contributed by atoms with E-state index >= 15 is 0 Å². The molecule has 0 spiro atoms. The number of carboxylic acids is 1. The minimum atomic E-state index is -1.37. The number of alkyl carbamates (subject to hydrolysis) is 1. The van der Waals surface area contributed by atoms with Gasteiger partial charge in [-0.05, 0) is 27.2 Å². The van der Waals surface area contributed by atoms with Crippen LogP contribution < -0.4 is 10.6 Å². The SMILES string of the molecule is COC(=O)CC(NC(=O)CCC(NC(=O)OC(C)(C)C)C(=O)O)C(=O)OC. The van der Waals surface area contributed by atoms with E-state index in [1.165, 1.54) is 0 Å². The van der Waals surface area contributed by atoms with Gasteiger partial charge < -0.3 is 30.0 Å². The molecule has 0 heterocycles. The number of nitrogens with one attached hydrogen (secondary N) is 2. The molecule has 0 fully saturated rings. The Morgan fingerprint density at radius 1 is 0.963 bits per heavy atom. The number of hydrogen-bond acceptors (Lipinski definition) is 8. The van der Waals surface area contributed by atoms with Gasteiger partial charge in [-0.2, -0.15) is 0 Å². The molecular weight excluding hydrogens is 364 g/mol. The Hall–Kier alpha value is -2.85. The topological polar surface area (TPSA) is 157 Å². The van der Waals surface area contributed by atoms with Crippen LogP contribution in [-0.2, 0) is 33.4 Å². The molecule has 0 saturated heterocycles. The molecule has 154 valence electrons. The van der Waals surface area contributed by atoms with Gasteiger partial charge in [0.25, 0.3) is 0 Å². The van der Waals surface area contributed by atoms with Gasteiger partial charge in [-0.15, -0.1) is 0 Å². The van der Waals surface area contributed by atoms with Gasteiger partial charge in [0.2, 0.25) is 5.91 Å². The molecule has 2 amide bonds. The number of aliphatic carboxylic acids is 1. The summed E-state index contributed by atoms with van der Waals surface area (Å²) >= 11 is 0. The summed E-state index contributed by atoms with van der Waals surface area (Å²) in [6.45, 7) is 4.85. The van der Waals surface area contributed by atoms with E-state index in [9.17, 15) is 24.0 Å². The van der Waals surface area contributed by atoms with Crippen molar-refractivity contribution in [3.8, 4) is 0 Å². The van der Waals surface area contributed by atoms with Crippen LogP contribution >= 0.6 is 0 Å². The highest BCUT2D eigenvalue weighted by Crippen LogP contribution is 2.08. The van der Waals surface area contributed by atoms with Gasteiger partial charge in [-0.3, -0.25) is 9.59 Å². The zero-order chi connectivity index (χ0) is 21.2. The van der Waals surface area contributed by atoms with E-state index in [4.69, 9.17) is 9.84 Å². The summed E-state index contributed by atoms with van der Waals surface area (Å²) in [4.78, 5) is 57.8. The van der Waals surface area contributed by atoms with Crippen LogP contribution in [0.5, 0.6) is 0 Å². The van der Waals surface area contributed by atoms with Crippen LogP contribution in [-0.4, -0.2) is 66.9 Å². The highest BCUT2D eigenvalue weighted by atomic mass is 16.6. The zero-order valence-electron chi connectivity index (χ0n) is 16.0. The van der Waals surface area contributed by atoms with Gasteiger partial charge in [0.05, 0.1) is 20.6 Å². The predicted octanol–water partition coefficient (Wildman–Crippen LogP) is -0.0346. The Morgan fingerprint density at radius 3 is 2.00 bits per heavy atom. The van der Waals surface area contributed by atoms with Crippen LogP contribution in [0.4, 0.5) is 4.79 Å². The number of carbonyl (C=O) groups excluding carboxylic acids is 4. The Kier molecular flexibility index (Phi) is 9.83. The molecule has 0 aromatic heterocycles. The first-order valence-electron chi connectivity index (χ1n) is 8.06. The van der Waals surface area contributed by atoms with Gasteiger partial charge in [0.1, 0.15) is 17.7 Å². The van der Waals surface area contributed by atoms with Crippen LogP contribution in [0.2, 0.25) is 0 Å². The molecule has 11 heteroatoms. The lowest BCUT2D eigenvalue weighted by Crippen LogP contribution is -2.46. The number of carbonyl (C=O) groups is 5. The van der Waals surface area contributed by atoms with Crippen molar-refractivity contribution in [3.63, 3.8) is 0 Å². The third-order valence-corrected chi connectivity index (χ3v) is 3.07.